The number of benzene rings is 1. The van der Waals surface area contributed by atoms with E-state index >= 15 is 0 Å². The van der Waals surface area contributed by atoms with Gasteiger partial charge in [-0.2, -0.15) is 8.78 Å². The molecule has 0 saturated carbocycles. The van der Waals surface area contributed by atoms with Crippen molar-refractivity contribution in [2.45, 2.75) is 19.8 Å². The van der Waals surface area contributed by atoms with Crippen LogP contribution in [0.15, 0.2) is 30.6 Å². The highest BCUT2D eigenvalue weighted by Crippen LogP contribution is 2.20. The fraction of sp³-hybridized carbons (Fsp3) is 0.250. The molecular weight excluding hydrogens is 261 g/mol. The molecule has 0 atom stereocenters. The second-order valence-corrected chi connectivity index (χ2v) is 3.74. The van der Waals surface area contributed by atoms with Gasteiger partial charge in [-0.05, 0) is 17.7 Å². The molecule has 2 aromatic rings. The quantitative estimate of drug-likeness (QED) is 0.909. The third-order valence-corrected chi connectivity index (χ3v) is 2.49. The van der Waals surface area contributed by atoms with Gasteiger partial charge in [-0.3, -0.25) is 4.57 Å². The Bertz CT molecular complexity index is 558. The zero-order chi connectivity index (χ0) is 13.8. The number of nitrogens with zero attached hydrogens (tertiary/aromatic N) is 2. The van der Waals surface area contributed by atoms with Gasteiger partial charge in [-0.15, -0.1) is 0 Å². The maximum Gasteiger partial charge on any atom is 0.320 e. The summed E-state index contributed by atoms with van der Waals surface area (Å²) in [6, 6.07) is 3.93. The van der Waals surface area contributed by atoms with Crippen LogP contribution in [0, 0.1) is 5.82 Å². The van der Waals surface area contributed by atoms with E-state index in [2.05, 4.69) is 4.98 Å². The lowest BCUT2D eigenvalue weighted by Gasteiger charge is -2.09. The predicted octanol–water partition coefficient (Wildman–Crippen LogP) is 2.49. The number of hydrogen-bond acceptors (Lipinski definition) is 3. The fourth-order valence-corrected chi connectivity index (χ4v) is 1.54. The van der Waals surface area contributed by atoms with Crippen LogP contribution in [0.5, 0.6) is 5.75 Å². The van der Waals surface area contributed by atoms with Crippen LogP contribution in [-0.4, -0.2) is 14.7 Å². The monoisotopic (exact) mass is 272 g/mol. The highest BCUT2D eigenvalue weighted by molar-refractivity contribution is 5.29. The Hall–Kier alpha value is -2.02. The van der Waals surface area contributed by atoms with Crippen molar-refractivity contribution >= 4 is 0 Å². The van der Waals surface area contributed by atoms with Gasteiger partial charge in [-0.1, -0.05) is 6.07 Å². The molecule has 7 heteroatoms. The molecule has 2 rings (SSSR count). The first-order valence-electron chi connectivity index (χ1n) is 5.43. The Morgan fingerprint density at radius 2 is 2.16 bits per heavy atom. The largest absolute Gasteiger partial charge is 0.483 e. The van der Waals surface area contributed by atoms with E-state index in [4.69, 9.17) is 9.84 Å². The van der Waals surface area contributed by atoms with Crippen molar-refractivity contribution < 1.29 is 23.0 Å². The van der Waals surface area contributed by atoms with E-state index in [1.54, 1.807) is 0 Å². The van der Waals surface area contributed by atoms with Gasteiger partial charge in [0.2, 0.25) is 0 Å². The van der Waals surface area contributed by atoms with Gasteiger partial charge in [0.15, 0.2) is 17.4 Å². The van der Waals surface area contributed by atoms with E-state index in [9.17, 15) is 13.2 Å². The van der Waals surface area contributed by atoms with Crippen molar-refractivity contribution in [3.05, 3.63) is 47.8 Å². The Balaban J connectivity index is 2.08. The van der Waals surface area contributed by atoms with Crippen LogP contribution >= 0.6 is 0 Å². The van der Waals surface area contributed by atoms with Crippen molar-refractivity contribution in [3.63, 3.8) is 0 Å². The maximum atomic E-state index is 13.5. The van der Waals surface area contributed by atoms with Crippen molar-refractivity contribution in [3.8, 4) is 5.75 Å². The first-order valence-corrected chi connectivity index (χ1v) is 5.43. The average Bonchev–Trinajstić information content (AvgIpc) is 2.85. The lowest BCUT2D eigenvalue weighted by atomic mass is 10.2. The molecule has 0 radical (unpaired) electrons. The van der Waals surface area contributed by atoms with E-state index in [0.717, 1.165) is 12.3 Å². The van der Waals surface area contributed by atoms with Gasteiger partial charge in [0.05, 0.1) is 6.61 Å². The number of aromatic nitrogens is 2. The second-order valence-electron chi connectivity index (χ2n) is 3.74. The number of aliphatic hydroxyl groups is 1. The predicted molar refractivity (Wildman–Crippen MR) is 60.1 cm³/mol. The topological polar surface area (TPSA) is 47.3 Å². The zero-order valence-electron chi connectivity index (χ0n) is 9.76. The lowest BCUT2D eigenvalue weighted by Crippen LogP contribution is -2.07. The van der Waals surface area contributed by atoms with Gasteiger partial charge in [0, 0.05) is 12.4 Å². The highest BCUT2D eigenvalue weighted by atomic mass is 19.3. The molecule has 1 aromatic carbocycles. The maximum absolute atomic E-state index is 13.5. The van der Waals surface area contributed by atoms with E-state index < -0.39 is 12.4 Å². The van der Waals surface area contributed by atoms with Crippen LogP contribution in [0.3, 0.4) is 0 Å². The number of halogens is 3. The summed E-state index contributed by atoms with van der Waals surface area (Å²) in [6.45, 7) is -3.28. The molecule has 0 bridgehead atoms. The summed E-state index contributed by atoms with van der Waals surface area (Å²) >= 11 is 0. The van der Waals surface area contributed by atoms with Crippen molar-refractivity contribution in [1.82, 2.24) is 9.55 Å². The van der Waals surface area contributed by atoms with Gasteiger partial charge in [0.1, 0.15) is 6.61 Å². The number of rotatable bonds is 5. The smallest absolute Gasteiger partial charge is 0.320 e. The van der Waals surface area contributed by atoms with E-state index in [1.807, 2.05) is 0 Å². The first kappa shape index (κ1) is 13.4. The molecule has 19 heavy (non-hydrogen) atoms. The molecule has 102 valence electrons. The summed E-state index contributed by atoms with van der Waals surface area (Å²) in [6.07, 6.45) is 2.34. The normalized spacial score (nSPS) is 11.0. The Labute approximate surface area is 107 Å². The van der Waals surface area contributed by atoms with Gasteiger partial charge >= 0.3 is 6.55 Å². The number of ether oxygens (including phenoxy) is 1. The third-order valence-electron chi connectivity index (χ3n) is 2.49. The van der Waals surface area contributed by atoms with Crippen LogP contribution in [0.2, 0.25) is 0 Å². The molecule has 1 heterocycles. The number of hydrogen-bond donors (Lipinski definition) is 1. The Morgan fingerprint density at radius 3 is 2.79 bits per heavy atom. The van der Waals surface area contributed by atoms with Crippen LogP contribution in [-0.2, 0) is 13.2 Å². The van der Waals surface area contributed by atoms with E-state index in [-0.39, 0.29) is 24.8 Å². The van der Waals surface area contributed by atoms with Crippen molar-refractivity contribution in [1.29, 1.82) is 0 Å². The second kappa shape index (κ2) is 5.75. The van der Waals surface area contributed by atoms with Gasteiger partial charge in [-0.25, -0.2) is 9.37 Å². The summed E-state index contributed by atoms with van der Waals surface area (Å²) in [4.78, 5) is 3.71. The van der Waals surface area contributed by atoms with Crippen molar-refractivity contribution in [2.24, 2.45) is 0 Å². The molecule has 1 aromatic heterocycles. The summed E-state index contributed by atoms with van der Waals surface area (Å²) < 4.78 is 44.3. The molecule has 4 nitrogen and oxygen atoms in total. The molecule has 1 N–H and O–H groups in total. The van der Waals surface area contributed by atoms with Crippen LogP contribution in [0.25, 0.3) is 0 Å². The number of aliphatic hydroxyl groups excluding tert-OH is 1. The minimum Gasteiger partial charge on any atom is -0.483 e. The SMILES string of the molecule is OCc1ccc(OCc2nccn2C(F)F)c(F)c1. The highest BCUT2D eigenvalue weighted by Gasteiger charge is 2.12. The van der Waals surface area contributed by atoms with Crippen LogP contribution in [0.4, 0.5) is 13.2 Å². The Morgan fingerprint density at radius 1 is 1.37 bits per heavy atom. The molecule has 0 aliphatic heterocycles. The van der Waals surface area contributed by atoms with Crippen LogP contribution in [0.1, 0.15) is 17.9 Å². The molecule has 0 spiro atoms. The summed E-state index contributed by atoms with van der Waals surface area (Å²) in [5.74, 6) is -0.747. The number of alkyl halides is 2. The summed E-state index contributed by atoms with van der Waals surface area (Å²) in [5.41, 5.74) is 0.402. The van der Waals surface area contributed by atoms with Crippen LogP contribution < -0.4 is 4.74 Å². The third kappa shape index (κ3) is 3.05. The van der Waals surface area contributed by atoms with Gasteiger partial charge in [0.25, 0.3) is 0 Å². The molecular formula is C12H11F3N2O2. The summed E-state index contributed by atoms with van der Waals surface area (Å²) in [5, 5.41) is 8.83. The first-order chi connectivity index (χ1) is 9.11. The molecule has 0 saturated heterocycles. The zero-order valence-corrected chi connectivity index (χ0v) is 9.76. The lowest BCUT2D eigenvalue weighted by molar-refractivity contribution is 0.0631. The van der Waals surface area contributed by atoms with Crippen molar-refractivity contribution in [2.75, 3.05) is 0 Å². The Kier molecular flexibility index (Phi) is 4.06. The summed E-state index contributed by atoms with van der Waals surface area (Å²) in [7, 11) is 0. The molecule has 0 aliphatic rings. The minimum atomic E-state index is -2.72. The standard InChI is InChI=1S/C12H11F3N2O2/c13-9-5-8(6-18)1-2-10(9)19-7-11-16-3-4-17(11)12(14)15/h1-5,12,18H,6-7H2. The number of imidazole rings is 1. The van der Waals surface area contributed by atoms with E-state index in [0.29, 0.717) is 10.1 Å². The minimum absolute atomic E-state index is 0.000588. The average molecular weight is 272 g/mol. The molecule has 0 fully saturated rings. The van der Waals surface area contributed by atoms with Gasteiger partial charge < -0.3 is 9.84 Å². The fourth-order valence-electron chi connectivity index (χ4n) is 1.54. The molecule has 0 amide bonds. The molecule has 0 unspecified atom stereocenters. The molecule has 0 aliphatic carbocycles. The van der Waals surface area contributed by atoms with E-state index in [1.165, 1.54) is 18.3 Å².